The Balaban J connectivity index is 1.46. The fraction of sp³-hybridized carbons (Fsp3) is 0.700. The molecular weight excluding hydrogens is 340 g/mol. The molecule has 0 atom stereocenters. The minimum absolute atomic E-state index is 0.0267. The molecule has 0 spiro atoms. The van der Waals surface area contributed by atoms with Crippen LogP contribution in [0.1, 0.15) is 58.3 Å². The molecule has 1 amide bonds. The van der Waals surface area contributed by atoms with Crippen LogP contribution in [0.4, 0.5) is 5.82 Å². The summed E-state index contributed by atoms with van der Waals surface area (Å²) >= 11 is 0. The lowest BCUT2D eigenvalue weighted by molar-refractivity contribution is -0.122. The second-order valence-electron chi connectivity index (χ2n) is 8.16. The number of hydrogen-bond donors (Lipinski definition) is 1. The number of piperidine rings is 1. The summed E-state index contributed by atoms with van der Waals surface area (Å²) < 4.78 is 1.71. The molecule has 1 aliphatic heterocycles. The highest BCUT2D eigenvalue weighted by Crippen LogP contribution is 2.27. The van der Waals surface area contributed by atoms with Crippen molar-refractivity contribution in [3.05, 3.63) is 12.5 Å². The largest absolute Gasteiger partial charge is 0.356 e. The lowest BCUT2D eigenvalue weighted by atomic mass is 9.99. The van der Waals surface area contributed by atoms with E-state index in [1.165, 1.54) is 38.5 Å². The van der Waals surface area contributed by atoms with Crippen LogP contribution >= 0.6 is 0 Å². The quantitative estimate of drug-likeness (QED) is 0.838. The second-order valence-corrected chi connectivity index (χ2v) is 8.16. The Morgan fingerprint density at radius 2 is 1.85 bits per heavy atom. The van der Waals surface area contributed by atoms with Gasteiger partial charge >= 0.3 is 0 Å². The summed E-state index contributed by atoms with van der Waals surface area (Å²) in [4.78, 5) is 23.8. The zero-order valence-electron chi connectivity index (χ0n) is 16.2. The van der Waals surface area contributed by atoms with E-state index in [9.17, 15) is 4.79 Å². The van der Waals surface area contributed by atoms with Crippen LogP contribution in [0.15, 0.2) is 12.5 Å². The lowest BCUT2D eigenvalue weighted by Gasteiger charge is -2.31. The lowest BCUT2D eigenvalue weighted by Crippen LogP contribution is -2.37. The van der Waals surface area contributed by atoms with Crippen molar-refractivity contribution >= 4 is 22.8 Å². The first-order valence-corrected chi connectivity index (χ1v) is 10.4. The number of nitrogens with zero attached hydrogens (tertiary/aromatic N) is 5. The van der Waals surface area contributed by atoms with Crippen molar-refractivity contribution < 1.29 is 4.79 Å². The molecule has 0 aromatic carbocycles. The van der Waals surface area contributed by atoms with Gasteiger partial charge in [-0.2, -0.15) is 5.10 Å². The van der Waals surface area contributed by atoms with Crippen LogP contribution in [0.5, 0.6) is 0 Å². The number of hydrogen-bond acceptors (Lipinski definition) is 5. The van der Waals surface area contributed by atoms with Crippen LogP contribution in [-0.2, 0) is 11.3 Å². The number of nitrogens with one attached hydrogen (secondary N) is 1. The Morgan fingerprint density at radius 3 is 2.59 bits per heavy atom. The van der Waals surface area contributed by atoms with E-state index in [4.69, 9.17) is 0 Å². The summed E-state index contributed by atoms with van der Waals surface area (Å²) in [6.45, 7) is 4.55. The van der Waals surface area contributed by atoms with Gasteiger partial charge in [0.15, 0.2) is 5.65 Å². The molecule has 1 saturated carbocycles. The van der Waals surface area contributed by atoms with Crippen LogP contribution in [0.2, 0.25) is 0 Å². The maximum Gasteiger partial charge on any atom is 0.242 e. The number of fused-ring (bicyclic) bond motifs is 1. The Kier molecular flexibility index (Phi) is 5.55. The number of rotatable bonds is 4. The third-order valence-corrected chi connectivity index (χ3v) is 6.01. The molecule has 27 heavy (non-hydrogen) atoms. The van der Waals surface area contributed by atoms with Crippen molar-refractivity contribution in [2.75, 3.05) is 18.0 Å². The zero-order chi connectivity index (χ0) is 18.6. The molecule has 2 aromatic heterocycles. The molecule has 2 aromatic rings. The normalized spacial score (nSPS) is 20.0. The minimum Gasteiger partial charge on any atom is -0.356 e. The fourth-order valence-corrected chi connectivity index (χ4v) is 4.30. The molecule has 1 N–H and O–H groups in total. The van der Waals surface area contributed by atoms with E-state index < -0.39 is 0 Å². The molecule has 0 bridgehead atoms. The van der Waals surface area contributed by atoms with Gasteiger partial charge in [-0.3, -0.25) is 4.79 Å². The van der Waals surface area contributed by atoms with E-state index in [0.717, 1.165) is 48.7 Å². The molecule has 2 aliphatic rings. The van der Waals surface area contributed by atoms with Crippen LogP contribution in [0.3, 0.4) is 0 Å². The molecule has 7 nitrogen and oxygen atoms in total. The average Bonchev–Trinajstić information content (AvgIpc) is 2.90. The molecule has 2 fully saturated rings. The molecule has 4 rings (SSSR count). The first-order chi connectivity index (χ1) is 13.2. The van der Waals surface area contributed by atoms with E-state index in [-0.39, 0.29) is 12.5 Å². The van der Waals surface area contributed by atoms with Crippen LogP contribution in [0, 0.1) is 5.92 Å². The topological polar surface area (TPSA) is 75.9 Å². The molecule has 1 saturated heterocycles. The Hall–Kier alpha value is -2.18. The molecule has 7 heteroatoms. The highest BCUT2D eigenvalue weighted by molar-refractivity contribution is 5.88. The molecule has 0 unspecified atom stereocenters. The monoisotopic (exact) mass is 370 g/mol. The van der Waals surface area contributed by atoms with Gasteiger partial charge in [0.2, 0.25) is 5.91 Å². The summed E-state index contributed by atoms with van der Waals surface area (Å²) in [5, 5.41) is 8.57. The Labute approximate surface area is 160 Å². The van der Waals surface area contributed by atoms with Gasteiger partial charge < -0.3 is 10.2 Å². The van der Waals surface area contributed by atoms with Gasteiger partial charge in [0.05, 0.1) is 11.6 Å². The number of carbonyl (C=O) groups is 1. The number of anilines is 1. The van der Waals surface area contributed by atoms with Crippen molar-refractivity contribution in [2.45, 2.75) is 70.9 Å². The predicted octanol–water partition coefficient (Wildman–Crippen LogP) is 2.90. The van der Waals surface area contributed by atoms with E-state index in [2.05, 4.69) is 32.2 Å². The van der Waals surface area contributed by atoms with E-state index in [0.29, 0.717) is 6.04 Å². The molecule has 1 aliphatic carbocycles. The standard InChI is InChI=1S/C20H30N6O/c1-15-8-10-25(11-9-15)19-17-12-23-26(20(17)22-14-21-19)13-18(27)24-16-6-4-2-3-5-7-16/h12,14-16H,2-11,13H2,1H3,(H,24,27). The summed E-state index contributed by atoms with van der Waals surface area (Å²) in [5.41, 5.74) is 0.745. The van der Waals surface area contributed by atoms with Crippen LogP contribution in [-0.4, -0.2) is 44.8 Å². The summed E-state index contributed by atoms with van der Waals surface area (Å²) in [6.07, 6.45) is 12.9. The van der Waals surface area contributed by atoms with Gasteiger partial charge in [-0.1, -0.05) is 32.6 Å². The van der Waals surface area contributed by atoms with Crippen molar-refractivity contribution in [3.8, 4) is 0 Å². The SMILES string of the molecule is CC1CCN(c2ncnc3c2cnn3CC(=O)NC2CCCCCC2)CC1. The van der Waals surface area contributed by atoms with Gasteiger partial charge in [-0.25, -0.2) is 14.6 Å². The zero-order valence-corrected chi connectivity index (χ0v) is 16.2. The maximum absolute atomic E-state index is 12.5. The first-order valence-electron chi connectivity index (χ1n) is 10.4. The third kappa shape index (κ3) is 4.22. The average molecular weight is 371 g/mol. The van der Waals surface area contributed by atoms with Gasteiger partial charge in [-0.15, -0.1) is 0 Å². The van der Waals surface area contributed by atoms with E-state index >= 15 is 0 Å². The van der Waals surface area contributed by atoms with Crippen molar-refractivity contribution in [3.63, 3.8) is 0 Å². The predicted molar refractivity (Wildman–Crippen MR) is 106 cm³/mol. The van der Waals surface area contributed by atoms with Crippen LogP contribution < -0.4 is 10.2 Å². The number of amides is 1. The summed E-state index contributed by atoms with van der Waals surface area (Å²) in [6, 6.07) is 0.308. The van der Waals surface area contributed by atoms with Crippen LogP contribution in [0.25, 0.3) is 11.0 Å². The smallest absolute Gasteiger partial charge is 0.242 e. The Bertz CT molecular complexity index is 772. The molecule has 0 radical (unpaired) electrons. The number of carbonyl (C=O) groups excluding carboxylic acids is 1. The maximum atomic E-state index is 12.5. The minimum atomic E-state index is 0.0267. The highest BCUT2D eigenvalue weighted by Gasteiger charge is 2.21. The van der Waals surface area contributed by atoms with Gasteiger partial charge in [0.25, 0.3) is 0 Å². The van der Waals surface area contributed by atoms with Crippen molar-refractivity contribution in [1.82, 2.24) is 25.1 Å². The highest BCUT2D eigenvalue weighted by atomic mass is 16.2. The first kappa shape index (κ1) is 18.2. The Morgan fingerprint density at radius 1 is 1.11 bits per heavy atom. The van der Waals surface area contributed by atoms with Gasteiger partial charge in [0, 0.05) is 19.1 Å². The summed E-state index contributed by atoms with van der Waals surface area (Å²) in [7, 11) is 0. The van der Waals surface area contributed by atoms with Gasteiger partial charge in [-0.05, 0) is 31.6 Å². The molecule has 3 heterocycles. The van der Waals surface area contributed by atoms with E-state index in [1.54, 1.807) is 11.0 Å². The third-order valence-electron chi connectivity index (χ3n) is 6.01. The van der Waals surface area contributed by atoms with Crippen molar-refractivity contribution in [2.24, 2.45) is 5.92 Å². The van der Waals surface area contributed by atoms with Gasteiger partial charge in [0.1, 0.15) is 18.7 Å². The molecular formula is C20H30N6O. The summed E-state index contributed by atoms with van der Waals surface area (Å²) in [5.74, 6) is 1.75. The van der Waals surface area contributed by atoms with Crippen molar-refractivity contribution in [1.29, 1.82) is 0 Å². The van der Waals surface area contributed by atoms with E-state index in [1.807, 2.05) is 6.20 Å². The second kappa shape index (κ2) is 8.23. The molecule has 146 valence electrons. The number of aromatic nitrogens is 4. The fourth-order valence-electron chi connectivity index (χ4n) is 4.30.